The standard InChI is InChI=1S/C14H16O2/c1-3-12-4-6-13(7-5-12)14(15-2)8-10-16-11-9-14/h1,4-7H,8-11H2,2H3. The fourth-order valence-corrected chi connectivity index (χ4v) is 2.18. The summed E-state index contributed by atoms with van der Waals surface area (Å²) in [6.07, 6.45) is 7.15. The molecule has 1 aliphatic heterocycles. The molecule has 0 N–H and O–H groups in total. The van der Waals surface area contributed by atoms with Gasteiger partial charge < -0.3 is 9.47 Å². The van der Waals surface area contributed by atoms with Crippen LogP contribution in [0.2, 0.25) is 0 Å². The summed E-state index contributed by atoms with van der Waals surface area (Å²) in [5.41, 5.74) is 1.91. The predicted octanol–water partition coefficient (Wildman–Crippen LogP) is 2.32. The summed E-state index contributed by atoms with van der Waals surface area (Å²) in [6, 6.07) is 8.05. The van der Waals surface area contributed by atoms with Crippen molar-refractivity contribution in [1.29, 1.82) is 0 Å². The lowest BCUT2D eigenvalue weighted by atomic mass is 9.86. The highest BCUT2D eigenvalue weighted by atomic mass is 16.5. The highest BCUT2D eigenvalue weighted by Gasteiger charge is 2.34. The van der Waals surface area contributed by atoms with E-state index in [-0.39, 0.29) is 5.60 Å². The van der Waals surface area contributed by atoms with Crippen LogP contribution in [0.1, 0.15) is 24.0 Å². The molecule has 2 rings (SSSR count). The monoisotopic (exact) mass is 216 g/mol. The van der Waals surface area contributed by atoms with Gasteiger partial charge in [-0.25, -0.2) is 0 Å². The van der Waals surface area contributed by atoms with E-state index in [9.17, 15) is 0 Å². The summed E-state index contributed by atoms with van der Waals surface area (Å²) in [5.74, 6) is 2.62. The normalized spacial score (nSPS) is 19.0. The maximum absolute atomic E-state index is 5.71. The number of benzene rings is 1. The molecule has 0 bridgehead atoms. The van der Waals surface area contributed by atoms with Crippen molar-refractivity contribution >= 4 is 0 Å². The van der Waals surface area contributed by atoms with E-state index in [0.717, 1.165) is 31.6 Å². The Labute approximate surface area is 96.6 Å². The van der Waals surface area contributed by atoms with E-state index in [1.165, 1.54) is 5.56 Å². The summed E-state index contributed by atoms with van der Waals surface area (Å²) in [6.45, 7) is 1.51. The number of ether oxygens (including phenoxy) is 2. The molecule has 0 aliphatic carbocycles. The Morgan fingerprint density at radius 3 is 2.38 bits per heavy atom. The first kappa shape index (κ1) is 11.2. The number of rotatable bonds is 2. The van der Waals surface area contributed by atoms with Gasteiger partial charge in [-0.15, -0.1) is 6.42 Å². The van der Waals surface area contributed by atoms with E-state index >= 15 is 0 Å². The second-order valence-electron chi connectivity index (χ2n) is 4.03. The number of methoxy groups -OCH3 is 1. The van der Waals surface area contributed by atoms with Crippen molar-refractivity contribution in [2.24, 2.45) is 0 Å². The van der Waals surface area contributed by atoms with Gasteiger partial charge in [-0.2, -0.15) is 0 Å². The minimum Gasteiger partial charge on any atom is -0.381 e. The van der Waals surface area contributed by atoms with E-state index < -0.39 is 0 Å². The Kier molecular flexibility index (Phi) is 3.28. The van der Waals surface area contributed by atoms with Crippen molar-refractivity contribution in [3.05, 3.63) is 35.4 Å². The zero-order valence-corrected chi connectivity index (χ0v) is 9.53. The average Bonchev–Trinajstić information content (AvgIpc) is 2.39. The van der Waals surface area contributed by atoms with Gasteiger partial charge in [0.25, 0.3) is 0 Å². The molecule has 0 amide bonds. The lowest BCUT2D eigenvalue weighted by Gasteiger charge is -2.36. The SMILES string of the molecule is C#Cc1ccc(C2(OC)CCOCC2)cc1. The van der Waals surface area contributed by atoms with Gasteiger partial charge in [-0.1, -0.05) is 18.1 Å². The first-order valence-corrected chi connectivity index (χ1v) is 5.51. The fourth-order valence-electron chi connectivity index (χ4n) is 2.18. The predicted molar refractivity (Wildman–Crippen MR) is 63.1 cm³/mol. The Balaban J connectivity index is 2.29. The molecular weight excluding hydrogens is 200 g/mol. The first-order chi connectivity index (χ1) is 7.80. The highest BCUT2D eigenvalue weighted by Crippen LogP contribution is 2.35. The average molecular weight is 216 g/mol. The smallest absolute Gasteiger partial charge is 0.0971 e. The van der Waals surface area contributed by atoms with Crippen LogP contribution in [0.3, 0.4) is 0 Å². The number of terminal acetylenes is 1. The van der Waals surface area contributed by atoms with E-state index in [0.29, 0.717) is 0 Å². The van der Waals surface area contributed by atoms with Gasteiger partial charge >= 0.3 is 0 Å². The zero-order valence-electron chi connectivity index (χ0n) is 9.53. The van der Waals surface area contributed by atoms with Crippen LogP contribution in [0, 0.1) is 12.3 Å². The molecule has 0 atom stereocenters. The Hall–Kier alpha value is -1.30. The lowest BCUT2D eigenvalue weighted by Crippen LogP contribution is -2.35. The Morgan fingerprint density at radius 1 is 1.25 bits per heavy atom. The maximum Gasteiger partial charge on any atom is 0.0971 e. The quantitative estimate of drug-likeness (QED) is 0.706. The number of hydrogen-bond acceptors (Lipinski definition) is 2. The van der Waals surface area contributed by atoms with E-state index in [4.69, 9.17) is 15.9 Å². The van der Waals surface area contributed by atoms with Crippen molar-refractivity contribution < 1.29 is 9.47 Å². The van der Waals surface area contributed by atoms with Crippen LogP contribution in [0.4, 0.5) is 0 Å². The molecule has 1 aromatic carbocycles. The minimum absolute atomic E-state index is 0.189. The molecule has 0 saturated carbocycles. The van der Waals surface area contributed by atoms with Crippen molar-refractivity contribution in [2.45, 2.75) is 18.4 Å². The van der Waals surface area contributed by atoms with E-state index in [1.807, 2.05) is 12.1 Å². The topological polar surface area (TPSA) is 18.5 Å². The van der Waals surface area contributed by atoms with Crippen LogP contribution >= 0.6 is 0 Å². The van der Waals surface area contributed by atoms with Crippen molar-refractivity contribution in [3.8, 4) is 12.3 Å². The molecule has 84 valence electrons. The maximum atomic E-state index is 5.71. The van der Waals surface area contributed by atoms with Gasteiger partial charge in [0, 0.05) is 38.7 Å². The molecule has 0 aromatic heterocycles. The fraction of sp³-hybridized carbons (Fsp3) is 0.429. The van der Waals surface area contributed by atoms with Crippen LogP contribution in [0.15, 0.2) is 24.3 Å². The van der Waals surface area contributed by atoms with Gasteiger partial charge in [0.15, 0.2) is 0 Å². The molecule has 1 aromatic rings. The second kappa shape index (κ2) is 4.69. The van der Waals surface area contributed by atoms with E-state index in [2.05, 4.69) is 18.1 Å². The molecule has 1 fully saturated rings. The largest absolute Gasteiger partial charge is 0.381 e. The van der Waals surface area contributed by atoms with Crippen molar-refractivity contribution in [3.63, 3.8) is 0 Å². The Bertz CT molecular complexity index is 380. The molecule has 0 spiro atoms. The second-order valence-corrected chi connectivity index (χ2v) is 4.03. The third kappa shape index (κ3) is 1.97. The number of hydrogen-bond donors (Lipinski definition) is 0. The van der Waals surface area contributed by atoms with Crippen LogP contribution in [0.5, 0.6) is 0 Å². The summed E-state index contributed by atoms with van der Waals surface area (Å²) in [5, 5.41) is 0. The Morgan fingerprint density at radius 2 is 1.88 bits per heavy atom. The summed E-state index contributed by atoms with van der Waals surface area (Å²) in [4.78, 5) is 0. The molecule has 2 heteroatoms. The van der Waals surface area contributed by atoms with Crippen LogP contribution in [-0.2, 0) is 15.1 Å². The van der Waals surface area contributed by atoms with Gasteiger partial charge in [0.05, 0.1) is 5.60 Å². The van der Waals surface area contributed by atoms with Gasteiger partial charge in [0.2, 0.25) is 0 Å². The van der Waals surface area contributed by atoms with Crippen LogP contribution < -0.4 is 0 Å². The molecule has 0 unspecified atom stereocenters. The lowest BCUT2D eigenvalue weighted by molar-refractivity contribution is -0.0947. The summed E-state index contributed by atoms with van der Waals surface area (Å²) < 4.78 is 11.1. The highest BCUT2D eigenvalue weighted by molar-refractivity contribution is 5.36. The molecule has 1 aliphatic rings. The molecule has 1 heterocycles. The molecule has 16 heavy (non-hydrogen) atoms. The van der Waals surface area contributed by atoms with E-state index in [1.54, 1.807) is 7.11 Å². The first-order valence-electron chi connectivity index (χ1n) is 5.51. The molecular formula is C14H16O2. The van der Waals surface area contributed by atoms with Gasteiger partial charge in [-0.3, -0.25) is 0 Å². The zero-order chi connectivity index (χ0) is 11.4. The van der Waals surface area contributed by atoms with Crippen LogP contribution in [0.25, 0.3) is 0 Å². The molecule has 0 radical (unpaired) electrons. The summed E-state index contributed by atoms with van der Waals surface area (Å²) >= 11 is 0. The van der Waals surface area contributed by atoms with Crippen molar-refractivity contribution in [1.82, 2.24) is 0 Å². The molecule has 2 nitrogen and oxygen atoms in total. The van der Waals surface area contributed by atoms with Gasteiger partial charge in [-0.05, 0) is 17.7 Å². The van der Waals surface area contributed by atoms with Gasteiger partial charge in [0.1, 0.15) is 0 Å². The molecule has 1 saturated heterocycles. The summed E-state index contributed by atoms with van der Waals surface area (Å²) in [7, 11) is 1.76. The third-order valence-electron chi connectivity index (χ3n) is 3.27. The van der Waals surface area contributed by atoms with Crippen molar-refractivity contribution in [2.75, 3.05) is 20.3 Å². The third-order valence-corrected chi connectivity index (χ3v) is 3.27. The van der Waals surface area contributed by atoms with Crippen LogP contribution in [-0.4, -0.2) is 20.3 Å². The minimum atomic E-state index is -0.189.